The third-order valence-corrected chi connectivity index (χ3v) is 5.33. The number of methoxy groups -OCH3 is 1. The zero-order chi connectivity index (χ0) is 20.2. The van der Waals surface area contributed by atoms with Crippen LogP contribution >= 0.6 is 0 Å². The van der Waals surface area contributed by atoms with Gasteiger partial charge in [-0.1, -0.05) is 42.0 Å². The van der Waals surface area contributed by atoms with Crippen LogP contribution < -0.4 is 10.1 Å². The number of fused-ring (bicyclic) bond motifs is 1. The van der Waals surface area contributed by atoms with E-state index in [1.54, 1.807) is 18.5 Å². The second-order valence-electron chi connectivity index (χ2n) is 7.25. The number of hydrogen-bond acceptors (Lipinski definition) is 5. The molecule has 2 aromatic carbocycles. The second-order valence-corrected chi connectivity index (χ2v) is 7.25. The summed E-state index contributed by atoms with van der Waals surface area (Å²) < 4.78 is 10.8. The average Bonchev–Trinajstić information content (AvgIpc) is 2.77. The predicted octanol–water partition coefficient (Wildman–Crippen LogP) is 4.82. The molecule has 0 saturated heterocycles. The number of anilines is 1. The molecule has 1 aliphatic rings. The third-order valence-electron chi connectivity index (χ3n) is 5.33. The van der Waals surface area contributed by atoms with E-state index in [1.807, 2.05) is 0 Å². The van der Waals surface area contributed by atoms with E-state index in [-0.39, 0.29) is 11.9 Å². The van der Waals surface area contributed by atoms with Crippen LogP contribution in [0.25, 0.3) is 11.1 Å². The van der Waals surface area contributed by atoms with Crippen molar-refractivity contribution < 1.29 is 14.3 Å². The van der Waals surface area contributed by atoms with Crippen molar-refractivity contribution in [1.29, 1.82) is 0 Å². The Morgan fingerprint density at radius 1 is 1.17 bits per heavy atom. The third kappa shape index (κ3) is 4.09. The smallest absolute Gasteiger partial charge is 0.340 e. The van der Waals surface area contributed by atoms with Crippen molar-refractivity contribution in [2.24, 2.45) is 0 Å². The molecule has 29 heavy (non-hydrogen) atoms. The maximum Gasteiger partial charge on any atom is 0.340 e. The number of carbonyl (C=O) groups is 1. The molecule has 0 amide bonds. The van der Waals surface area contributed by atoms with Crippen LogP contribution in [0, 0.1) is 6.92 Å². The highest BCUT2D eigenvalue weighted by atomic mass is 16.5. The number of esters is 1. The molecule has 0 spiro atoms. The Morgan fingerprint density at radius 2 is 1.97 bits per heavy atom. The molecule has 0 saturated carbocycles. The molecule has 1 atom stereocenters. The van der Waals surface area contributed by atoms with E-state index < -0.39 is 0 Å². The molecule has 0 radical (unpaired) electrons. The number of nitrogens with one attached hydrogen (secondary N) is 1. The van der Waals surface area contributed by atoms with E-state index in [1.165, 1.54) is 23.8 Å². The van der Waals surface area contributed by atoms with Gasteiger partial charge < -0.3 is 14.8 Å². The lowest BCUT2D eigenvalue weighted by Crippen LogP contribution is -2.21. The SMILES string of the molecule is COC(=O)c1ccncc1NC[C@@H]1CCOc2cc(-c3ccc(C)cc3)ccc21. The van der Waals surface area contributed by atoms with Gasteiger partial charge in [-0.05, 0) is 42.2 Å². The molecule has 148 valence electrons. The van der Waals surface area contributed by atoms with Crippen molar-refractivity contribution >= 4 is 11.7 Å². The van der Waals surface area contributed by atoms with Crippen LogP contribution in [-0.2, 0) is 4.74 Å². The number of aromatic nitrogens is 1. The van der Waals surface area contributed by atoms with E-state index in [9.17, 15) is 4.79 Å². The maximum atomic E-state index is 12.0. The number of hydrogen-bond donors (Lipinski definition) is 1. The standard InChI is InChI=1S/C24H24N2O3/c1-16-3-5-17(6-4-16)18-7-8-20-19(10-12-29-23(20)13-18)14-26-22-15-25-11-9-21(22)24(27)28-2/h3-9,11,13,15,19,26H,10,12,14H2,1-2H3/t19-/m0/s1. The van der Waals surface area contributed by atoms with Gasteiger partial charge in [0.05, 0.1) is 31.2 Å². The Bertz CT molecular complexity index is 1010. The highest BCUT2D eigenvalue weighted by molar-refractivity contribution is 5.95. The summed E-state index contributed by atoms with van der Waals surface area (Å²) in [6.45, 7) is 3.45. The number of ether oxygens (including phenoxy) is 2. The first-order valence-corrected chi connectivity index (χ1v) is 9.75. The van der Waals surface area contributed by atoms with Crippen LogP contribution in [0.3, 0.4) is 0 Å². The monoisotopic (exact) mass is 388 g/mol. The Morgan fingerprint density at radius 3 is 2.76 bits per heavy atom. The zero-order valence-corrected chi connectivity index (χ0v) is 16.6. The molecule has 5 nitrogen and oxygen atoms in total. The highest BCUT2D eigenvalue weighted by Gasteiger charge is 2.22. The molecule has 4 rings (SSSR count). The quantitative estimate of drug-likeness (QED) is 0.635. The minimum absolute atomic E-state index is 0.288. The van der Waals surface area contributed by atoms with Gasteiger partial charge in [0.15, 0.2) is 0 Å². The molecule has 1 aromatic heterocycles. The first-order valence-electron chi connectivity index (χ1n) is 9.75. The lowest BCUT2D eigenvalue weighted by Gasteiger charge is -2.27. The van der Waals surface area contributed by atoms with Gasteiger partial charge in [-0.25, -0.2) is 4.79 Å². The van der Waals surface area contributed by atoms with Gasteiger partial charge in [-0.2, -0.15) is 0 Å². The van der Waals surface area contributed by atoms with E-state index in [2.05, 4.69) is 59.7 Å². The molecule has 1 aliphatic heterocycles. The first-order chi connectivity index (χ1) is 14.2. The van der Waals surface area contributed by atoms with Gasteiger partial charge in [-0.15, -0.1) is 0 Å². The summed E-state index contributed by atoms with van der Waals surface area (Å²) in [7, 11) is 1.38. The molecule has 5 heteroatoms. The van der Waals surface area contributed by atoms with Gasteiger partial charge in [-0.3, -0.25) is 4.98 Å². The Hall–Kier alpha value is -3.34. The van der Waals surface area contributed by atoms with Crippen LogP contribution in [0.4, 0.5) is 5.69 Å². The van der Waals surface area contributed by atoms with Crippen molar-refractivity contribution in [2.45, 2.75) is 19.3 Å². The van der Waals surface area contributed by atoms with Crippen molar-refractivity contribution in [1.82, 2.24) is 4.98 Å². The summed E-state index contributed by atoms with van der Waals surface area (Å²) >= 11 is 0. The normalized spacial score (nSPS) is 15.2. The van der Waals surface area contributed by atoms with Gasteiger partial charge >= 0.3 is 5.97 Å². The van der Waals surface area contributed by atoms with E-state index in [4.69, 9.17) is 9.47 Å². The molecular formula is C24H24N2O3. The number of carbonyl (C=O) groups excluding carboxylic acids is 1. The van der Waals surface area contributed by atoms with Crippen LogP contribution in [0.1, 0.15) is 33.8 Å². The summed E-state index contributed by atoms with van der Waals surface area (Å²) in [5, 5.41) is 3.37. The number of nitrogens with zero attached hydrogens (tertiary/aromatic N) is 1. The van der Waals surface area contributed by atoms with Crippen LogP contribution in [0.15, 0.2) is 60.9 Å². The average molecular weight is 388 g/mol. The topological polar surface area (TPSA) is 60.5 Å². The fraction of sp³-hybridized carbons (Fsp3) is 0.250. The molecule has 2 heterocycles. The summed E-state index contributed by atoms with van der Waals surface area (Å²) in [4.78, 5) is 16.1. The largest absolute Gasteiger partial charge is 0.493 e. The fourth-order valence-corrected chi connectivity index (χ4v) is 3.66. The lowest BCUT2D eigenvalue weighted by molar-refractivity contribution is 0.0601. The van der Waals surface area contributed by atoms with Gasteiger partial charge in [0.2, 0.25) is 0 Å². The van der Waals surface area contributed by atoms with Gasteiger partial charge in [0.25, 0.3) is 0 Å². The van der Waals surface area contributed by atoms with Crippen molar-refractivity contribution in [3.8, 4) is 16.9 Å². The van der Waals surface area contributed by atoms with E-state index in [0.717, 1.165) is 17.7 Å². The molecule has 0 bridgehead atoms. The molecular weight excluding hydrogens is 364 g/mol. The van der Waals surface area contributed by atoms with Crippen molar-refractivity contribution in [2.75, 3.05) is 25.6 Å². The van der Waals surface area contributed by atoms with Crippen LogP contribution in [0.2, 0.25) is 0 Å². The molecule has 0 fully saturated rings. The summed E-state index contributed by atoms with van der Waals surface area (Å²) in [6.07, 6.45) is 4.17. The summed E-state index contributed by atoms with van der Waals surface area (Å²) in [5.74, 6) is 0.849. The van der Waals surface area contributed by atoms with Gasteiger partial charge in [0, 0.05) is 18.7 Å². The van der Waals surface area contributed by atoms with Crippen molar-refractivity contribution in [3.05, 3.63) is 77.6 Å². The predicted molar refractivity (Wildman–Crippen MR) is 114 cm³/mol. The van der Waals surface area contributed by atoms with Gasteiger partial charge in [0.1, 0.15) is 5.75 Å². The number of benzene rings is 2. The van der Waals surface area contributed by atoms with E-state index >= 15 is 0 Å². The zero-order valence-electron chi connectivity index (χ0n) is 16.6. The Kier molecular flexibility index (Phi) is 5.47. The summed E-state index contributed by atoms with van der Waals surface area (Å²) in [6, 6.07) is 16.6. The van der Waals surface area contributed by atoms with E-state index in [0.29, 0.717) is 24.4 Å². The summed E-state index contributed by atoms with van der Waals surface area (Å²) in [5.41, 5.74) is 5.94. The minimum Gasteiger partial charge on any atom is -0.493 e. The minimum atomic E-state index is -0.370. The number of rotatable bonds is 5. The maximum absolute atomic E-state index is 12.0. The fourth-order valence-electron chi connectivity index (χ4n) is 3.66. The Labute approximate surface area is 170 Å². The molecule has 3 aromatic rings. The Balaban J connectivity index is 1.53. The lowest BCUT2D eigenvalue weighted by atomic mass is 9.91. The molecule has 0 unspecified atom stereocenters. The van der Waals surface area contributed by atoms with Crippen LogP contribution in [-0.4, -0.2) is 31.2 Å². The number of aryl methyl sites for hydroxylation is 1. The van der Waals surface area contributed by atoms with Crippen molar-refractivity contribution in [3.63, 3.8) is 0 Å². The first kappa shape index (κ1) is 19.0. The second kappa shape index (κ2) is 8.35. The molecule has 0 aliphatic carbocycles. The highest BCUT2D eigenvalue weighted by Crippen LogP contribution is 2.37. The molecule has 1 N–H and O–H groups in total. The number of pyridine rings is 1. The van der Waals surface area contributed by atoms with Crippen LogP contribution in [0.5, 0.6) is 5.75 Å².